The van der Waals surface area contributed by atoms with Gasteiger partial charge in [0.1, 0.15) is 5.82 Å². The van der Waals surface area contributed by atoms with Crippen molar-refractivity contribution in [1.82, 2.24) is 24.9 Å². The van der Waals surface area contributed by atoms with Crippen molar-refractivity contribution < 1.29 is 0 Å². The van der Waals surface area contributed by atoms with E-state index in [2.05, 4.69) is 32.3 Å². The number of hydrogen-bond donors (Lipinski definition) is 1. The summed E-state index contributed by atoms with van der Waals surface area (Å²) in [6.45, 7) is 6.23. The molecule has 0 radical (unpaired) electrons. The highest BCUT2D eigenvalue weighted by molar-refractivity contribution is 5.63. The normalized spacial score (nSPS) is 19.0. The summed E-state index contributed by atoms with van der Waals surface area (Å²) in [5.41, 5.74) is 1.10. The van der Waals surface area contributed by atoms with E-state index in [0.717, 1.165) is 43.2 Å². The Hall–Kier alpha value is -1.69. The van der Waals surface area contributed by atoms with Gasteiger partial charge in [-0.1, -0.05) is 0 Å². The van der Waals surface area contributed by atoms with E-state index in [1.54, 1.807) is 0 Å². The zero-order valence-corrected chi connectivity index (χ0v) is 11.7. The van der Waals surface area contributed by atoms with Crippen LogP contribution in [0.15, 0.2) is 12.4 Å². The summed E-state index contributed by atoms with van der Waals surface area (Å²) in [6.07, 6.45) is 5.96. The molecule has 1 saturated heterocycles. The molecule has 0 spiro atoms. The van der Waals surface area contributed by atoms with E-state index in [4.69, 9.17) is 0 Å². The standard InChI is InChI=1S/C13H20N6/c1-10-16-17-12-11(15-6-9-19(10)12)18-7-4-13(2,14-3)5-8-18/h6,9,14H,4-5,7-8H2,1-3H3. The lowest BCUT2D eigenvalue weighted by molar-refractivity contribution is 0.304. The van der Waals surface area contributed by atoms with Crippen molar-refractivity contribution in [3.63, 3.8) is 0 Å². The quantitative estimate of drug-likeness (QED) is 0.873. The summed E-state index contributed by atoms with van der Waals surface area (Å²) in [6, 6.07) is 0. The molecule has 3 rings (SSSR count). The lowest BCUT2D eigenvalue weighted by Crippen LogP contribution is -2.50. The Bertz CT molecular complexity index is 582. The Morgan fingerprint density at radius 3 is 2.68 bits per heavy atom. The van der Waals surface area contributed by atoms with Crippen molar-refractivity contribution in [2.75, 3.05) is 25.0 Å². The molecule has 0 atom stereocenters. The maximum atomic E-state index is 4.50. The SMILES string of the molecule is CNC1(C)CCN(c2nccn3c(C)nnc23)CC1. The monoisotopic (exact) mass is 260 g/mol. The topological polar surface area (TPSA) is 58.4 Å². The van der Waals surface area contributed by atoms with Crippen LogP contribution in [0.3, 0.4) is 0 Å². The number of piperidine rings is 1. The molecule has 0 saturated carbocycles. The number of hydrogen-bond acceptors (Lipinski definition) is 5. The third-order valence-electron chi connectivity index (χ3n) is 4.25. The van der Waals surface area contributed by atoms with Crippen molar-refractivity contribution in [3.8, 4) is 0 Å². The number of aryl methyl sites for hydroxylation is 1. The van der Waals surface area contributed by atoms with Gasteiger partial charge >= 0.3 is 0 Å². The van der Waals surface area contributed by atoms with E-state index >= 15 is 0 Å². The number of anilines is 1. The minimum absolute atomic E-state index is 0.241. The van der Waals surface area contributed by atoms with Crippen molar-refractivity contribution in [2.45, 2.75) is 32.2 Å². The van der Waals surface area contributed by atoms with Gasteiger partial charge in [0.25, 0.3) is 0 Å². The van der Waals surface area contributed by atoms with Gasteiger partial charge in [-0.3, -0.25) is 4.40 Å². The average molecular weight is 260 g/mol. The van der Waals surface area contributed by atoms with Gasteiger partial charge in [-0.05, 0) is 33.7 Å². The molecule has 0 aromatic carbocycles. The molecule has 2 aromatic rings. The second kappa shape index (κ2) is 4.45. The molecule has 0 aliphatic carbocycles. The average Bonchev–Trinajstić information content (AvgIpc) is 2.82. The summed E-state index contributed by atoms with van der Waals surface area (Å²) < 4.78 is 1.99. The van der Waals surface area contributed by atoms with Crippen molar-refractivity contribution in [2.24, 2.45) is 0 Å². The van der Waals surface area contributed by atoms with Gasteiger partial charge in [-0.25, -0.2) is 4.98 Å². The zero-order valence-electron chi connectivity index (χ0n) is 11.7. The molecule has 6 nitrogen and oxygen atoms in total. The summed E-state index contributed by atoms with van der Waals surface area (Å²) in [5, 5.41) is 11.8. The first-order valence-electron chi connectivity index (χ1n) is 6.73. The van der Waals surface area contributed by atoms with Crippen LogP contribution < -0.4 is 10.2 Å². The van der Waals surface area contributed by atoms with Crippen LogP contribution in [0.4, 0.5) is 5.82 Å². The van der Waals surface area contributed by atoms with Gasteiger partial charge < -0.3 is 10.2 Å². The van der Waals surface area contributed by atoms with Crippen LogP contribution in [0.5, 0.6) is 0 Å². The predicted octanol–water partition coefficient (Wildman–Crippen LogP) is 1.01. The summed E-state index contributed by atoms with van der Waals surface area (Å²) >= 11 is 0. The molecule has 0 unspecified atom stereocenters. The predicted molar refractivity (Wildman–Crippen MR) is 74.4 cm³/mol. The van der Waals surface area contributed by atoms with E-state index in [0.29, 0.717) is 0 Å². The molecule has 0 amide bonds. The maximum absolute atomic E-state index is 4.50. The lowest BCUT2D eigenvalue weighted by Gasteiger charge is -2.39. The number of rotatable bonds is 2. The van der Waals surface area contributed by atoms with E-state index in [1.165, 1.54) is 0 Å². The number of fused-ring (bicyclic) bond motifs is 1. The summed E-state index contributed by atoms with van der Waals surface area (Å²) in [4.78, 5) is 6.81. The second-order valence-corrected chi connectivity index (χ2v) is 5.49. The third-order valence-corrected chi connectivity index (χ3v) is 4.25. The van der Waals surface area contributed by atoms with Crippen LogP contribution in [0, 0.1) is 6.92 Å². The van der Waals surface area contributed by atoms with Crippen LogP contribution >= 0.6 is 0 Å². The van der Waals surface area contributed by atoms with Gasteiger partial charge in [0.15, 0.2) is 5.82 Å². The van der Waals surface area contributed by atoms with Crippen LogP contribution in [-0.4, -0.2) is 45.3 Å². The molecular formula is C13H20N6. The number of aromatic nitrogens is 4. The minimum atomic E-state index is 0.241. The second-order valence-electron chi connectivity index (χ2n) is 5.49. The van der Waals surface area contributed by atoms with Crippen LogP contribution in [0.25, 0.3) is 5.65 Å². The van der Waals surface area contributed by atoms with Crippen molar-refractivity contribution in [1.29, 1.82) is 0 Å². The molecule has 102 valence electrons. The number of nitrogens with one attached hydrogen (secondary N) is 1. The molecule has 19 heavy (non-hydrogen) atoms. The molecule has 1 aliphatic heterocycles. The van der Waals surface area contributed by atoms with E-state index in [9.17, 15) is 0 Å². The smallest absolute Gasteiger partial charge is 0.203 e. The van der Waals surface area contributed by atoms with E-state index in [-0.39, 0.29) is 5.54 Å². The maximum Gasteiger partial charge on any atom is 0.203 e. The van der Waals surface area contributed by atoms with Crippen molar-refractivity contribution in [3.05, 3.63) is 18.2 Å². The van der Waals surface area contributed by atoms with Crippen LogP contribution in [0.2, 0.25) is 0 Å². The highest BCUT2D eigenvalue weighted by atomic mass is 15.3. The zero-order chi connectivity index (χ0) is 13.5. The Kier molecular flexibility index (Phi) is 2.89. The van der Waals surface area contributed by atoms with Crippen LogP contribution in [0.1, 0.15) is 25.6 Å². The van der Waals surface area contributed by atoms with Gasteiger partial charge in [0, 0.05) is 31.0 Å². The van der Waals surface area contributed by atoms with Crippen molar-refractivity contribution >= 4 is 11.5 Å². The molecule has 3 heterocycles. The Morgan fingerprint density at radius 1 is 1.26 bits per heavy atom. The lowest BCUT2D eigenvalue weighted by atomic mass is 9.90. The molecule has 6 heteroatoms. The first-order valence-corrected chi connectivity index (χ1v) is 6.73. The fraction of sp³-hybridized carbons (Fsp3) is 0.615. The molecule has 1 aliphatic rings. The molecule has 1 fully saturated rings. The largest absolute Gasteiger partial charge is 0.353 e. The first kappa shape index (κ1) is 12.3. The Balaban J connectivity index is 1.90. The van der Waals surface area contributed by atoms with Gasteiger partial charge in [0.2, 0.25) is 5.65 Å². The number of nitrogens with zero attached hydrogens (tertiary/aromatic N) is 5. The van der Waals surface area contributed by atoms with Gasteiger partial charge in [-0.2, -0.15) is 0 Å². The Morgan fingerprint density at radius 2 is 2.00 bits per heavy atom. The molecular weight excluding hydrogens is 240 g/mol. The highest BCUT2D eigenvalue weighted by Gasteiger charge is 2.29. The van der Waals surface area contributed by atoms with Gasteiger partial charge in [0.05, 0.1) is 0 Å². The molecule has 2 aromatic heterocycles. The fourth-order valence-electron chi connectivity index (χ4n) is 2.61. The molecule has 0 bridgehead atoms. The first-order chi connectivity index (χ1) is 9.13. The summed E-state index contributed by atoms with van der Waals surface area (Å²) in [7, 11) is 2.04. The minimum Gasteiger partial charge on any atom is -0.353 e. The van der Waals surface area contributed by atoms with E-state index < -0.39 is 0 Å². The van der Waals surface area contributed by atoms with Gasteiger partial charge in [-0.15, -0.1) is 10.2 Å². The van der Waals surface area contributed by atoms with Crippen LogP contribution in [-0.2, 0) is 0 Å². The van der Waals surface area contributed by atoms with E-state index in [1.807, 2.05) is 30.8 Å². The fourth-order valence-corrected chi connectivity index (χ4v) is 2.61. The Labute approximate surface area is 112 Å². The highest BCUT2D eigenvalue weighted by Crippen LogP contribution is 2.26. The molecule has 1 N–H and O–H groups in total. The third kappa shape index (κ3) is 2.06. The summed E-state index contributed by atoms with van der Waals surface area (Å²) in [5.74, 6) is 1.84.